The molecule has 8 heteroatoms. The lowest BCUT2D eigenvalue weighted by molar-refractivity contribution is -0.144. The molecule has 1 spiro atoms. The molecule has 2 aromatic carbocycles. The lowest BCUT2D eigenvalue weighted by Gasteiger charge is -2.37. The van der Waals surface area contributed by atoms with Crippen molar-refractivity contribution in [2.45, 2.75) is 38.0 Å². The first-order valence-corrected chi connectivity index (χ1v) is 13.4. The summed E-state index contributed by atoms with van der Waals surface area (Å²) in [5, 5.41) is 9.93. The van der Waals surface area contributed by atoms with Gasteiger partial charge < -0.3 is 24.5 Å². The summed E-state index contributed by atoms with van der Waals surface area (Å²) in [5.74, 6) is -2.61. The van der Waals surface area contributed by atoms with Gasteiger partial charge in [-0.25, -0.2) is 0 Å². The molecule has 4 aliphatic heterocycles. The molecule has 2 saturated heterocycles. The van der Waals surface area contributed by atoms with E-state index in [1.54, 1.807) is 9.80 Å². The summed E-state index contributed by atoms with van der Waals surface area (Å²) < 4.78 is 6.83. The topological polar surface area (TPSA) is 90.4 Å². The maximum absolute atomic E-state index is 14.5. The zero-order valence-corrected chi connectivity index (χ0v) is 22.4. The van der Waals surface area contributed by atoms with Crippen LogP contribution in [0.4, 0.5) is 11.4 Å². The number of carbonyl (C=O) groups is 3. The highest BCUT2D eigenvalue weighted by atomic mass is 16.5. The first-order chi connectivity index (χ1) is 18.7. The van der Waals surface area contributed by atoms with E-state index in [9.17, 15) is 19.5 Å². The van der Waals surface area contributed by atoms with E-state index in [4.69, 9.17) is 4.74 Å². The molecule has 1 unspecified atom stereocenters. The first kappa shape index (κ1) is 25.5. The van der Waals surface area contributed by atoms with Crippen LogP contribution < -0.4 is 9.80 Å². The molecule has 202 valence electrons. The zero-order chi connectivity index (χ0) is 27.5. The number of fused-ring (bicyclic) bond motifs is 2. The highest BCUT2D eigenvalue weighted by Crippen LogP contribution is 2.57. The number of benzene rings is 2. The number of aliphatic hydroxyl groups is 1. The molecule has 0 aliphatic carbocycles. The molecular formula is C31H33N3O5. The molecule has 0 bridgehead atoms. The molecule has 0 aromatic heterocycles. The number of hydrogen-bond acceptors (Lipinski definition) is 5. The molecule has 6 rings (SSSR count). The SMILES string of the molecule is Cc1cccc(C)c1N1CC=C[C@]23O[C@@]4(C)C=CCN(c5ccccc5)C(=O)[C@H]4[C@H]2C(=O)N(CCO)C3C1=O. The van der Waals surface area contributed by atoms with Gasteiger partial charge in [0.05, 0.1) is 24.0 Å². The normalized spacial score (nSPS) is 31.7. The molecule has 4 heterocycles. The third kappa shape index (κ3) is 3.62. The van der Waals surface area contributed by atoms with E-state index in [1.807, 2.05) is 93.6 Å². The molecule has 3 amide bonds. The van der Waals surface area contributed by atoms with Crippen LogP contribution in [0.25, 0.3) is 0 Å². The number of amides is 3. The van der Waals surface area contributed by atoms with Crippen molar-refractivity contribution in [3.63, 3.8) is 0 Å². The molecule has 0 saturated carbocycles. The maximum atomic E-state index is 14.5. The summed E-state index contributed by atoms with van der Waals surface area (Å²) in [5.41, 5.74) is 0.983. The van der Waals surface area contributed by atoms with E-state index in [1.165, 1.54) is 4.90 Å². The largest absolute Gasteiger partial charge is 0.395 e. The second-order valence-corrected chi connectivity index (χ2v) is 11.0. The number of rotatable bonds is 4. The van der Waals surface area contributed by atoms with E-state index < -0.39 is 29.1 Å². The van der Waals surface area contributed by atoms with Crippen LogP contribution in [-0.2, 0) is 19.1 Å². The minimum atomic E-state index is -1.35. The number of anilines is 2. The van der Waals surface area contributed by atoms with Gasteiger partial charge in [0.25, 0.3) is 5.91 Å². The standard InChI is InChI=1S/C31H33N3O5/c1-20-10-7-11-21(2)25(20)33-17-9-15-31-24(28(37)34(18-19-35)26(31)29(33)38)23-27(36)32(22-12-5-4-6-13-22)16-8-14-30(23,3)39-31/h4-15,23-24,26,35H,16-19H2,1-3H3/t23-,24+,26?,30+,31+/m1/s1. The first-order valence-electron chi connectivity index (χ1n) is 13.4. The van der Waals surface area contributed by atoms with Gasteiger partial charge in [0.1, 0.15) is 11.6 Å². The van der Waals surface area contributed by atoms with Gasteiger partial charge in [0, 0.05) is 31.0 Å². The Hall–Kier alpha value is -3.75. The molecule has 5 atom stereocenters. The van der Waals surface area contributed by atoms with Crippen molar-refractivity contribution in [3.8, 4) is 0 Å². The average molecular weight is 528 g/mol. The molecule has 0 radical (unpaired) electrons. The Morgan fingerprint density at radius 2 is 1.51 bits per heavy atom. The molecule has 39 heavy (non-hydrogen) atoms. The van der Waals surface area contributed by atoms with Gasteiger partial charge in [-0.05, 0) is 44.0 Å². The second kappa shape index (κ2) is 9.17. The Morgan fingerprint density at radius 1 is 0.846 bits per heavy atom. The van der Waals surface area contributed by atoms with E-state index in [0.29, 0.717) is 13.1 Å². The Morgan fingerprint density at radius 3 is 2.21 bits per heavy atom. The number of aliphatic hydroxyl groups excluding tert-OH is 1. The highest BCUT2D eigenvalue weighted by Gasteiger charge is 2.74. The minimum Gasteiger partial charge on any atom is -0.395 e. The zero-order valence-electron chi connectivity index (χ0n) is 22.4. The van der Waals surface area contributed by atoms with E-state index in [0.717, 1.165) is 22.5 Å². The van der Waals surface area contributed by atoms with Gasteiger partial charge in [-0.15, -0.1) is 0 Å². The molecular weight excluding hydrogens is 494 g/mol. The third-order valence-corrected chi connectivity index (χ3v) is 8.68. The summed E-state index contributed by atoms with van der Waals surface area (Å²) in [7, 11) is 0. The lowest BCUT2D eigenvalue weighted by atomic mass is 9.74. The Balaban J connectivity index is 1.49. The average Bonchev–Trinajstić information content (AvgIpc) is 3.17. The fraction of sp³-hybridized carbons (Fsp3) is 0.387. The predicted octanol–water partition coefficient (Wildman–Crippen LogP) is 2.77. The second-order valence-electron chi connectivity index (χ2n) is 11.0. The van der Waals surface area contributed by atoms with Crippen LogP contribution in [0.15, 0.2) is 72.8 Å². The molecule has 8 nitrogen and oxygen atoms in total. The van der Waals surface area contributed by atoms with Crippen molar-refractivity contribution in [2.24, 2.45) is 11.8 Å². The van der Waals surface area contributed by atoms with Gasteiger partial charge >= 0.3 is 0 Å². The van der Waals surface area contributed by atoms with E-state index in [2.05, 4.69) is 0 Å². The monoisotopic (exact) mass is 527 g/mol. The van der Waals surface area contributed by atoms with Crippen molar-refractivity contribution in [3.05, 3.63) is 84.0 Å². The fourth-order valence-corrected chi connectivity index (χ4v) is 7.14. The van der Waals surface area contributed by atoms with Crippen molar-refractivity contribution in [1.29, 1.82) is 0 Å². The number of β-amino-alcohol motifs (C(OH)–C–C–N with tert-alkyl or cyclic N) is 1. The smallest absolute Gasteiger partial charge is 0.253 e. The fourth-order valence-electron chi connectivity index (χ4n) is 7.14. The number of aryl methyl sites for hydroxylation is 2. The highest BCUT2D eigenvalue weighted by molar-refractivity contribution is 6.08. The number of ether oxygens (including phenoxy) is 1. The van der Waals surface area contributed by atoms with Gasteiger partial charge in [-0.3, -0.25) is 14.4 Å². The lowest BCUT2D eigenvalue weighted by Crippen LogP contribution is -2.56. The number of nitrogens with zero attached hydrogens (tertiary/aromatic N) is 3. The minimum absolute atomic E-state index is 0.0266. The summed E-state index contributed by atoms with van der Waals surface area (Å²) in [4.78, 5) is 47.7. The predicted molar refractivity (Wildman–Crippen MR) is 147 cm³/mol. The van der Waals surface area contributed by atoms with Crippen LogP contribution in [0.5, 0.6) is 0 Å². The van der Waals surface area contributed by atoms with E-state index >= 15 is 0 Å². The molecule has 1 N–H and O–H groups in total. The summed E-state index contributed by atoms with van der Waals surface area (Å²) >= 11 is 0. The van der Waals surface area contributed by atoms with Crippen molar-refractivity contribution < 1.29 is 24.2 Å². The van der Waals surface area contributed by atoms with Gasteiger partial charge in [-0.1, -0.05) is 60.7 Å². The number of carbonyl (C=O) groups excluding carboxylic acids is 3. The van der Waals surface area contributed by atoms with Crippen LogP contribution in [0.1, 0.15) is 18.1 Å². The van der Waals surface area contributed by atoms with Crippen molar-refractivity contribution >= 4 is 29.1 Å². The quantitative estimate of drug-likeness (QED) is 0.618. The van der Waals surface area contributed by atoms with Crippen LogP contribution in [0, 0.1) is 25.7 Å². The number of hydrogen-bond donors (Lipinski definition) is 1. The van der Waals surface area contributed by atoms with Crippen LogP contribution in [0.3, 0.4) is 0 Å². The van der Waals surface area contributed by atoms with Gasteiger partial charge in [-0.2, -0.15) is 0 Å². The van der Waals surface area contributed by atoms with Crippen LogP contribution in [0.2, 0.25) is 0 Å². The Labute approximate surface area is 228 Å². The van der Waals surface area contributed by atoms with Gasteiger partial charge in [0.15, 0.2) is 0 Å². The summed E-state index contributed by atoms with van der Waals surface area (Å²) in [6.07, 6.45) is 7.48. The van der Waals surface area contributed by atoms with Gasteiger partial charge in [0.2, 0.25) is 11.8 Å². The number of likely N-dealkylation sites (tertiary alicyclic amines) is 1. The molecule has 4 aliphatic rings. The summed E-state index contributed by atoms with van der Waals surface area (Å²) in [6, 6.07) is 14.2. The summed E-state index contributed by atoms with van der Waals surface area (Å²) in [6.45, 7) is 6.08. The van der Waals surface area contributed by atoms with E-state index in [-0.39, 0.29) is 30.9 Å². The van der Waals surface area contributed by atoms with Crippen molar-refractivity contribution in [1.82, 2.24) is 4.90 Å². The van der Waals surface area contributed by atoms with Crippen LogP contribution in [-0.4, -0.2) is 71.2 Å². The molecule has 2 fully saturated rings. The van der Waals surface area contributed by atoms with Crippen LogP contribution >= 0.6 is 0 Å². The van der Waals surface area contributed by atoms with Crippen molar-refractivity contribution in [2.75, 3.05) is 36.0 Å². The molecule has 2 aromatic rings. The number of para-hydroxylation sites is 2. The third-order valence-electron chi connectivity index (χ3n) is 8.68. The maximum Gasteiger partial charge on any atom is 0.253 e. The Kier molecular flexibility index (Phi) is 6.00. The Bertz CT molecular complexity index is 1380.